The summed E-state index contributed by atoms with van der Waals surface area (Å²) in [6.45, 7) is 8.95. The molecule has 164 valence electrons. The van der Waals surface area contributed by atoms with Crippen molar-refractivity contribution in [1.29, 1.82) is 0 Å². The van der Waals surface area contributed by atoms with Crippen LogP contribution in [0.25, 0.3) is 0 Å². The predicted molar refractivity (Wildman–Crippen MR) is 119 cm³/mol. The van der Waals surface area contributed by atoms with Crippen molar-refractivity contribution >= 4 is 18.5 Å². The molecule has 3 aliphatic rings. The van der Waals surface area contributed by atoms with Gasteiger partial charge in [0.1, 0.15) is 17.4 Å². The number of likely N-dealkylation sites (tertiary alicyclic amines) is 1. The zero-order valence-electron chi connectivity index (χ0n) is 18.4. The zero-order chi connectivity index (χ0) is 22.2. The largest absolute Gasteiger partial charge is 0.442 e. The van der Waals surface area contributed by atoms with Gasteiger partial charge in [0, 0.05) is 25.7 Å². The number of aliphatic imine (C=N–C) groups is 2. The molecule has 0 bridgehead atoms. The Kier molecular flexibility index (Phi) is 5.69. The van der Waals surface area contributed by atoms with E-state index in [0.29, 0.717) is 47.6 Å². The monoisotopic (exact) mass is 424 g/mol. The molecule has 2 aliphatic heterocycles. The third-order valence-corrected chi connectivity index (χ3v) is 6.31. The van der Waals surface area contributed by atoms with Gasteiger partial charge in [0.05, 0.1) is 11.1 Å². The normalized spacial score (nSPS) is 25.0. The molecule has 6 nitrogen and oxygen atoms in total. The molecule has 1 aromatic rings. The van der Waals surface area contributed by atoms with E-state index in [1.165, 1.54) is 12.1 Å². The van der Waals surface area contributed by atoms with Crippen LogP contribution in [0, 0.1) is 11.7 Å². The number of carbonyl (C=O) groups excluding carboxylic acids is 1. The van der Waals surface area contributed by atoms with E-state index in [9.17, 15) is 9.18 Å². The maximum atomic E-state index is 13.5. The number of ether oxygens (including phenoxy) is 1. The number of halogens is 1. The highest BCUT2D eigenvalue weighted by Crippen LogP contribution is 2.38. The number of benzene rings is 1. The Morgan fingerprint density at radius 3 is 2.68 bits per heavy atom. The summed E-state index contributed by atoms with van der Waals surface area (Å²) in [5.74, 6) is 1.50. The topological polar surface area (TPSA) is 66.3 Å². The van der Waals surface area contributed by atoms with E-state index in [1.54, 1.807) is 14.0 Å². The van der Waals surface area contributed by atoms with Crippen molar-refractivity contribution in [1.82, 2.24) is 10.2 Å². The minimum Gasteiger partial charge on any atom is -0.442 e. The third-order valence-electron chi connectivity index (χ3n) is 6.31. The minimum absolute atomic E-state index is 0.0269. The third kappa shape index (κ3) is 4.40. The molecule has 4 rings (SSSR count). The van der Waals surface area contributed by atoms with Crippen LogP contribution in [-0.2, 0) is 16.0 Å². The quantitative estimate of drug-likeness (QED) is 0.710. The van der Waals surface area contributed by atoms with E-state index in [1.807, 2.05) is 17.0 Å². The lowest BCUT2D eigenvalue weighted by molar-refractivity contribution is -0.126. The number of hydrogen-bond donors (Lipinski definition) is 1. The van der Waals surface area contributed by atoms with Crippen molar-refractivity contribution in [3.05, 3.63) is 58.4 Å². The number of rotatable bonds is 6. The van der Waals surface area contributed by atoms with Crippen molar-refractivity contribution in [2.45, 2.75) is 45.1 Å². The molecular weight excluding hydrogens is 395 g/mol. The van der Waals surface area contributed by atoms with Crippen LogP contribution in [0.2, 0.25) is 0 Å². The van der Waals surface area contributed by atoms with Crippen molar-refractivity contribution < 1.29 is 13.9 Å². The van der Waals surface area contributed by atoms with E-state index in [4.69, 9.17) is 4.74 Å². The lowest BCUT2D eigenvalue weighted by Gasteiger charge is -2.20. The molecule has 1 aromatic carbocycles. The first-order valence-electron chi connectivity index (χ1n) is 10.7. The SMILES string of the molecule is C=N/C(NC1(C)CC1)=C1/C(C(=O)N2CCC(Cc3ccc(F)cc3)C2)=C(C)O/C1=N/C. The first-order valence-corrected chi connectivity index (χ1v) is 10.7. The van der Waals surface area contributed by atoms with E-state index in [-0.39, 0.29) is 17.3 Å². The standard InChI is InChI=1S/C24H29FN4O2/c1-15-19(20(22(27-4)31-15)21(26-3)28-24(2)10-11-24)23(30)29-12-9-17(14-29)13-16-5-7-18(25)8-6-16/h5-8,17,28H,3,9-14H2,1-2,4H3/b21-20+,27-22+. The lowest BCUT2D eigenvalue weighted by atomic mass is 9.99. The van der Waals surface area contributed by atoms with Crippen LogP contribution in [0.5, 0.6) is 0 Å². The Morgan fingerprint density at radius 1 is 1.35 bits per heavy atom. The van der Waals surface area contributed by atoms with E-state index < -0.39 is 0 Å². The fourth-order valence-electron chi connectivity index (χ4n) is 4.24. The van der Waals surface area contributed by atoms with Gasteiger partial charge in [-0.15, -0.1) is 0 Å². The molecule has 1 aliphatic carbocycles. The second-order valence-corrected chi connectivity index (χ2v) is 8.87. The van der Waals surface area contributed by atoms with Crippen LogP contribution >= 0.6 is 0 Å². The molecule has 1 N–H and O–H groups in total. The summed E-state index contributed by atoms with van der Waals surface area (Å²) in [5, 5.41) is 3.42. The number of nitrogens with zero attached hydrogens (tertiary/aromatic N) is 3. The van der Waals surface area contributed by atoms with Gasteiger partial charge in [-0.2, -0.15) is 0 Å². The van der Waals surface area contributed by atoms with Crippen LogP contribution < -0.4 is 5.32 Å². The van der Waals surface area contributed by atoms with Gasteiger partial charge in [0.15, 0.2) is 0 Å². The summed E-state index contributed by atoms with van der Waals surface area (Å²) < 4.78 is 19.0. The van der Waals surface area contributed by atoms with Gasteiger partial charge in [-0.05, 0) is 69.9 Å². The summed E-state index contributed by atoms with van der Waals surface area (Å²) >= 11 is 0. The van der Waals surface area contributed by atoms with E-state index >= 15 is 0 Å². The van der Waals surface area contributed by atoms with Gasteiger partial charge < -0.3 is 15.0 Å². The molecule has 1 atom stereocenters. The molecule has 1 unspecified atom stereocenters. The molecule has 1 saturated heterocycles. The Balaban J connectivity index is 1.54. The average Bonchev–Trinajstić information content (AvgIpc) is 3.16. The van der Waals surface area contributed by atoms with Crippen molar-refractivity contribution in [3.8, 4) is 0 Å². The van der Waals surface area contributed by atoms with Crippen molar-refractivity contribution in [2.24, 2.45) is 15.9 Å². The van der Waals surface area contributed by atoms with Crippen LogP contribution in [0.1, 0.15) is 38.7 Å². The number of nitrogens with one attached hydrogen (secondary N) is 1. The van der Waals surface area contributed by atoms with Crippen LogP contribution in [-0.4, -0.2) is 49.1 Å². The highest BCUT2D eigenvalue weighted by molar-refractivity contribution is 6.14. The zero-order valence-corrected chi connectivity index (χ0v) is 18.4. The smallest absolute Gasteiger partial charge is 0.258 e. The molecule has 1 saturated carbocycles. The highest BCUT2D eigenvalue weighted by Gasteiger charge is 2.42. The van der Waals surface area contributed by atoms with Crippen LogP contribution in [0.3, 0.4) is 0 Å². The van der Waals surface area contributed by atoms with Crippen molar-refractivity contribution in [2.75, 3.05) is 20.1 Å². The molecule has 31 heavy (non-hydrogen) atoms. The molecular formula is C24H29FN4O2. The van der Waals surface area contributed by atoms with Crippen LogP contribution in [0.15, 0.2) is 57.0 Å². The van der Waals surface area contributed by atoms with Gasteiger partial charge in [-0.3, -0.25) is 9.79 Å². The first kappa shape index (κ1) is 21.3. The molecule has 0 spiro atoms. The summed E-state index contributed by atoms with van der Waals surface area (Å²) in [7, 11) is 1.64. The minimum atomic E-state index is -0.233. The second kappa shape index (κ2) is 8.29. The number of hydrogen-bond acceptors (Lipinski definition) is 5. The van der Waals surface area contributed by atoms with Gasteiger partial charge >= 0.3 is 0 Å². The first-order chi connectivity index (χ1) is 14.8. The van der Waals surface area contributed by atoms with Gasteiger partial charge in [-0.1, -0.05) is 12.1 Å². The summed E-state index contributed by atoms with van der Waals surface area (Å²) in [6, 6.07) is 6.59. The molecule has 1 amide bonds. The number of allylic oxidation sites excluding steroid dienone is 1. The summed E-state index contributed by atoms with van der Waals surface area (Å²) in [5.41, 5.74) is 2.15. The van der Waals surface area contributed by atoms with Gasteiger partial charge in [0.25, 0.3) is 5.91 Å². The number of carbonyl (C=O) groups is 1. The summed E-state index contributed by atoms with van der Waals surface area (Å²) in [6.07, 6.45) is 3.82. The molecule has 0 aromatic heterocycles. The fourth-order valence-corrected chi connectivity index (χ4v) is 4.24. The molecule has 2 heterocycles. The van der Waals surface area contributed by atoms with E-state index in [2.05, 4.69) is 28.9 Å². The maximum Gasteiger partial charge on any atom is 0.258 e. The molecule has 2 fully saturated rings. The average molecular weight is 425 g/mol. The van der Waals surface area contributed by atoms with Crippen LogP contribution in [0.4, 0.5) is 4.39 Å². The lowest BCUT2D eigenvalue weighted by Crippen LogP contribution is -2.33. The fraction of sp³-hybridized carbons (Fsp3) is 0.458. The Morgan fingerprint density at radius 2 is 2.06 bits per heavy atom. The maximum absolute atomic E-state index is 13.5. The highest BCUT2D eigenvalue weighted by atomic mass is 19.1. The van der Waals surface area contributed by atoms with Gasteiger partial charge in [-0.25, -0.2) is 9.38 Å². The predicted octanol–water partition coefficient (Wildman–Crippen LogP) is 3.60. The van der Waals surface area contributed by atoms with E-state index in [0.717, 1.165) is 31.2 Å². The molecule has 0 radical (unpaired) electrons. The second-order valence-electron chi connectivity index (χ2n) is 8.87. The van der Waals surface area contributed by atoms with Crippen molar-refractivity contribution in [3.63, 3.8) is 0 Å². The Labute approximate surface area is 182 Å². The Hall–Kier alpha value is -2.96. The summed E-state index contributed by atoms with van der Waals surface area (Å²) in [4.78, 5) is 23.8. The Bertz CT molecular complexity index is 989. The van der Waals surface area contributed by atoms with Gasteiger partial charge in [0.2, 0.25) is 5.90 Å². The number of amides is 1. The molecule has 7 heteroatoms.